The van der Waals surface area contributed by atoms with Gasteiger partial charge in [-0.05, 0) is 19.1 Å². The minimum atomic E-state index is -1.51. The van der Waals surface area contributed by atoms with Crippen molar-refractivity contribution >= 4 is 23.5 Å². The van der Waals surface area contributed by atoms with Gasteiger partial charge in [0.05, 0.1) is 12.0 Å². The first kappa shape index (κ1) is 14.4. The molecule has 0 saturated carbocycles. The number of hydrogen-bond acceptors (Lipinski definition) is 4. The van der Waals surface area contributed by atoms with Crippen molar-refractivity contribution in [3.8, 4) is 0 Å². The highest BCUT2D eigenvalue weighted by Crippen LogP contribution is 2.10. The quantitative estimate of drug-likeness (QED) is 0.732. The third kappa shape index (κ3) is 4.68. The number of carbonyl (C=O) groups is 2. The minimum Gasteiger partial charge on any atom is -0.481 e. The van der Waals surface area contributed by atoms with Crippen LogP contribution in [0.3, 0.4) is 0 Å². The van der Waals surface area contributed by atoms with E-state index in [4.69, 9.17) is 16.7 Å². The van der Waals surface area contributed by atoms with Crippen molar-refractivity contribution in [3.05, 3.63) is 29.0 Å². The predicted octanol–water partition coefficient (Wildman–Crippen LogP) is 0.691. The van der Waals surface area contributed by atoms with Gasteiger partial charge in [0.2, 0.25) is 0 Å². The third-order valence-corrected chi connectivity index (χ3v) is 2.35. The lowest BCUT2D eigenvalue weighted by atomic mass is 10.0. The Bertz CT molecular complexity index is 462. The summed E-state index contributed by atoms with van der Waals surface area (Å²) in [6.45, 7) is 1.14. The molecule has 0 radical (unpaired) electrons. The maximum Gasteiger partial charge on any atom is 0.306 e. The summed E-state index contributed by atoms with van der Waals surface area (Å²) in [7, 11) is 0. The number of amides is 1. The Morgan fingerprint density at radius 1 is 1.56 bits per heavy atom. The Morgan fingerprint density at radius 3 is 2.78 bits per heavy atom. The van der Waals surface area contributed by atoms with Crippen LogP contribution in [0.1, 0.15) is 23.8 Å². The summed E-state index contributed by atoms with van der Waals surface area (Å²) in [4.78, 5) is 25.9. The first-order chi connectivity index (χ1) is 8.30. The van der Waals surface area contributed by atoms with Gasteiger partial charge >= 0.3 is 5.97 Å². The van der Waals surface area contributed by atoms with Gasteiger partial charge in [0.15, 0.2) is 0 Å². The number of aromatic nitrogens is 1. The number of carboxylic acid groups (broad SMARTS) is 1. The number of nitrogens with one attached hydrogen (secondary N) is 1. The fraction of sp³-hybridized carbons (Fsp3) is 0.364. The van der Waals surface area contributed by atoms with Gasteiger partial charge < -0.3 is 15.5 Å². The van der Waals surface area contributed by atoms with Crippen LogP contribution in [0.15, 0.2) is 18.3 Å². The second-order valence-corrected chi connectivity index (χ2v) is 4.55. The molecule has 98 valence electrons. The molecular weight excluding hydrogens is 260 g/mol. The van der Waals surface area contributed by atoms with E-state index < -0.39 is 23.9 Å². The number of carboxylic acids is 1. The van der Waals surface area contributed by atoms with Crippen molar-refractivity contribution in [2.24, 2.45) is 0 Å². The molecule has 6 nitrogen and oxygen atoms in total. The smallest absolute Gasteiger partial charge is 0.306 e. The number of pyridine rings is 1. The zero-order valence-electron chi connectivity index (χ0n) is 9.68. The summed E-state index contributed by atoms with van der Waals surface area (Å²) in [6.07, 6.45) is 0.920. The second-order valence-electron chi connectivity index (χ2n) is 4.11. The van der Waals surface area contributed by atoms with Crippen LogP contribution in [-0.2, 0) is 4.79 Å². The number of nitrogens with zero attached hydrogens (tertiary/aromatic N) is 1. The van der Waals surface area contributed by atoms with Crippen molar-refractivity contribution in [1.82, 2.24) is 10.3 Å². The topological polar surface area (TPSA) is 99.5 Å². The van der Waals surface area contributed by atoms with Gasteiger partial charge in [-0.2, -0.15) is 0 Å². The van der Waals surface area contributed by atoms with Gasteiger partial charge in [0.25, 0.3) is 5.91 Å². The highest BCUT2D eigenvalue weighted by Gasteiger charge is 2.25. The Hall–Kier alpha value is -1.66. The van der Waals surface area contributed by atoms with Crippen LogP contribution in [0.2, 0.25) is 5.02 Å². The molecule has 0 spiro atoms. The Kier molecular flexibility index (Phi) is 4.63. The van der Waals surface area contributed by atoms with Gasteiger partial charge in [0, 0.05) is 17.8 Å². The van der Waals surface area contributed by atoms with E-state index >= 15 is 0 Å². The first-order valence-electron chi connectivity index (χ1n) is 5.14. The summed E-state index contributed by atoms with van der Waals surface area (Å²) in [5, 5.41) is 21.0. The summed E-state index contributed by atoms with van der Waals surface area (Å²) in [5.41, 5.74) is -1.41. The van der Waals surface area contributed by atoms with Crippen molar-refractivity contribution in [2.75, 3.05) is 6.54 Å². The minimum absolute atomic E-state index is 0.105. The Morgan fingerprint density at radius 2 is 2.22 bits per heavy atom. The van der Waals surface area contributed by atoms with Crippen LogP contribution >= 0.6 is 11.6 Å². The molecule has 1 unspecified atom stereocenters. The fourth-order valence-electron chi connectivity index (χ4n) is 1.28. The van der Waals surface area contributed by atoms with E-state index in [-0.39, 0.29) is 12.2 Å². The molecule has 0 aliphatic heterocycles. The van der Waals surface area contributed by atoms with Crippen molar-refractivity contribution < 1.29 is 19.8 Å². The normalized spacial score (nSPS) is 13.7. The molecule has 1 aromatic rings. The van der Waals surface area contributed by atoms with Crippen LogP contribution in [-0.4, -0.2) is 39.2 Å². The number of aliphatic carboxylic acids is 1. The first-order valence-corrected chi connectivity index (χ1v) is 5.52. The highest BCUT2D eigenvalue weighted by atomic mass is 35.5. The van der Waals surface area contributed by atoms with E-state index in [9.17, 15) is 14.7 Å². The zero-order valence-corrected chi connectivity index (χ0v) is 10.4. The van der Waals surface area contributed by atoms with Crippen LogP contribution in [0.25, 0.3) is 0 Å². The molecule has 18 heavy (non-hydrogen) atoms. The molecule has 0 aliphatic carbocycles. The van der Waals surface area contributed by atoms with Crippen LogP contribution in [0.5, 0.6) is 0 Å². The van der Waals surface area contributed by atoms with E-state index in [1.807, 2.05) is 0 Å². The fourth-order valence-corrected chi connectivity index (χ4v) is 1.44. The number of carbonyl (C=O) groups excluding carboxylic acids is 1. The molecule has 1 aromatic heterocycles. The molecule has 1 rings (SSSR count). The maximum atomic E-state index is 11.6. The van der Waals surface area contributed by atoms with Gasteiger partial charge in [-0.15, -0.1) is 0 Å². The van der Waals surface area contributed by atoms with E-state index in [2.05, 4.69) is 10.3 Å². The third-order valence-electron chi connectivity index (χ3n) is 2.12. The average Bonchev–Trinajstić information content (AvgIpc) is 2.24. The molecule has 0 aliphatic rings. The summed E-state index contributed by atoms with van der Waals surface area (Å²) >= 11 is 5.70. The van der Waals surface area contributed by atoms with Crippen LogP contribution in [0, 0.1) is 0 Å². The van der Waals surface area contributed by atoms with E-state index in [0.29, 0.717) is 5.02 Å². The van der Waals surface area contributed by atoms with Crippen LogP contribution < -0.4 is 5.32 Å². The van der Waals surface area contributed by atoms with Crippen molar-refractivity contribution in [3.63, 3.8) is 0 Å². The molecule has 3 N–H and O–H groups in total. The van der Waals surface area contributed by atoms with Gasteiger partial charge in [-0.25, -0.2) is 0 Å². The molecule has 0 bridgehead atoms. The SMILES string of the molecule is CC(O)(CNC(=O)c1cc(Cl)ccn1)CC(=O)O. The maximum absolute atomic E-state index is 11.6. The number of aliphatic hydroxyl groups is 1. The monoisotopic (exact) mass is 272 g/mol. The number of hydrogen-bond donors (Lipinski definition) is 3. The Balaban J connectivity index is 2.58. The molecular formula is C11H13ClN2O4. The molecule has 1 atom stereocenters. The summed E-state index contributed by atoms with van der Waals surface area (Å²) in [5.74, 6) is -1.67. The number of halogens is 1. The van der Waals surface area contributed by atoms with E-state index in [1.165, 1.54) is 25.3 Å². The molecule has 0 aromatic carbocycles. The van der Waals surface area contributed by atoms with Gasteiger partial charge in [-0.3, -0.25) is 14.6 Å². The van der Waals surface area contributed by atoms with E-state index in [1.54, 1.807) is 0 Å². The number of rotatable bonds is 5. The molecule has 1 heterocycles. The standard InChI is InChI=1S/C11H13ClN2O4/c1-11(18,5-9(15)16)6-14-10(17)8-4-7(12)2-3-13-8/h2-4,18H,5-6H2,1H3,(H,14,17)(H,15,16). The molecule has 0 fully saturated rings. The van der Waals surface area contributed by atoms with Gasteiger partial charge in [0.1, 0.15) is 5.69 Å². The largest absolute Gasteiger partial charge is 0.481 e. The average molecular weight is 273 g/mol. The second kappa shape index (κ2) is 5.79. The molecule has 7 heteroatoms. The summed E-state index contributed by atoms with van der Waals surface area (Å²) < 4.78 is 0. The highest BCUT2D eigenvalue weighted by molar-refractivity contribution is 6.30. The van der Waals surface area contributed by atoms with E-state index in [0.717, 1.165) is 0 Å². The Labute approximate surface area is 109 Å². The van der Waals surface area contributed by atoms with Crippen LogP contribution in [0.4, 0.5) is 0 Å². The molecule has 1 amide bonds. The van der Waals surface area contributed by atoms with Crippen molar-refractivity contribution in [2.45, 2.75) is 18.9 Å². The lowest BCUT2D eigenvalue weighted by Crippen LogP contribution is -2.42. The van der Waals surface area contributed by atoms with Crippen molar-refractivity contribution in [1.29, 1.82) is 0 Å². The molecule has 0 saturated heterocycles. The predicted molar refractivity (Wildman–Crippen MR) is 64.5 cm³/mol. The zero-order chi connectivity index (χ0) is 13.8. The van der Waals surface area contributed by atoms with Gasteiger partial charge in [-0.1, -0.05) is 11.6 Å². The lowest BCUT2D eigenvalue weighted by molar-refractivity contribution is -0.141. The summed E-state index contributed by atoms with van der Waals surface area (Å²) in [6, 6.07) is 2.90. The lowest BCUT2D eigenvalue weighted by Gasteiger charge is -2.21.